The van der Waals surface area contributed by atoms with Crippen molar-refractivity contribution >= 4 is 50.2 Å². The van der Waals surface area contributed by atoms with E-state index in [2.05, 4.69) is 30.4 Å². The van der Waals surface area contributed by atoms with E-state index in [1.807, 2.05) is 26.0 Å². The van der Waals surface area contributed by atoms with Crippen LogP contribution in [0.15, 0.2) is 41.6 Å². The number of anilines is 2. The van der Waals surface area contributed by atoms with Crippen LogP contribution in [0.1, 0.15) is 85.6 Å². The number of sulfone groups is 1. The Morgan fingerprint density at radius 1 is 1.08 bits per heavy atom. The normalized spacial score (nSPS) is 15.7. The van der Waals surface area contributed by atoms with Crippen LogP contribution in [-0.2, 0) is 41.9 Å². The smallest absolute Gasteiger partial charge is 0.305 e. The summed E-state index contributed by atoms with van der Waals surface area (Å²) in [4.78, 5) is 50.0. The highest BCUT2D eigenvalue weighted by atomic mass is 32.2. The zero-order valence-corrected chi connectivity index (χ0v) is 35.6. The Kier molecular flexibility index (Phi) is 13.6. The number of ether oxygens (including phenoxy) is 3. The molecule has 1 atom stereocenters. The molecule has 4 aromatic rings. The highest BCUT2D eigenvalue weighted by Crippen LogP contribution is 2.38. The fourth-order valence-electron chi connectivity index (χ4n) is 7.49. The third-order valence-corrected chi connectivity index (χ3v) is 13.9. The molecule has 59 heavy (non-hydrogen) atoms. The summed E-state index contributed by atoms with van der Waals surface area (Å²) in [5, 5.41) is 11.1. The van der Waals surface area contributed by atoms with Gasteiger partial charge in [-0.3, -0.25) is 19.5 Å². The largest absolute Gasteiger partial charge is 0.492 e. The second kappa shape index (κ2) is 18.4. The van der Waals surface area contributed by atoms with Crippen molar-refractivity contribution in [3.8, 4) is 5.75 Å². The van der Waals surface area contributed by atoms with Crippen LogP contribution in [0.25, 0.3) is 10.9 Å². The third-order valence-electron chi connectivity index (χ3n) is 11.4. The van der Waals surface area contributed by atoms with Gasteiger partial charge in [-0.2, -0.15) is 5.10 Å². The molecule has 2 aromatic carbocycles. The maximum atomic E-state index is 13.9. The molecule has 6 rings (SSSR count). The Labute approximate surface area is 345 Å². The maximum absolute atomic E-state index is 13.9. The molecule has 1 unspecified atom stereocenters. The Bertz CT molecular complexity index is 2280. The molecule has 17 heteroatoms. The topological polar surface area (TPSA) is 212 Å². The van der Waals surface area contributed by atoms with Gasteiger partial charge in [0.15, 0.2) is 15.7 Å². The van der Waals surface area contributed by atoms with Crippen LogP contribution in [0.5, 0.6) is 5.75 Å². The van der Waals surface area contributed by atoms with Crippen molar-refractivity contribution in [2.75, 3.05) is 51.9 Å². The minimum atomic E-state index is -3.80. The Hall–Kier alpha value is -5.13. The van der Waals surface area contributed by atoms with Crippen LogP contribution in [0.4, 0.5) is 11.6 Å². The molecule has 1 saturated heterocycles. The van der Waals surface area contributed by atoms with Crippen molar-refractivity contribution in [2.24, 2.45) is 11.7 Å². The van der Waals surface area contributed by atoms with Gasteiger partial charge in [0.25, 0.3) is 5.91 Å². The van der Waals surface area contributed by atoms with Gasteiger partial charge in [-0.15, -0.1) is 0 Å². The van der Waals surface area contributed by atoms with E-state index in [-0.39, 0.29) is 41.9 Å². The molecule has 0 aliphatic carbocycles. The Balaban J connectivity index is 0.978. The number of primary amides is 1. The quantitative estimate of drug-likeness (QED) is 0.0911. The van der Waals surface area contributed by atoms with Crippen molar-refractivity contribution in [1.82, 2.24) is 30.0 Å². The monoisotopic (exact) mass is 832 g/mol. The van der Waals surface area contributed by atoms with Crippen LogP contribution < -0.4 is 15.8 Å². The number of aromatic nitrogens is 4. The predicted molar refractivity (Wildman–Crippen MR) is 222 cm³/mol. The second-order valence-corrected chi connectivity index (χ2v) is 19.0. The van der Waals surface area contributed by atoms with Gasteiger partial charge in [0.1, 0.15) is 28.8 Å². The van der Waals surface area contributed by atoms with E-state index in [4.69, 9.17) is 19.9 Å². The first kappa shape index (κ1) is 43.4. The SMILES string of the molecule is COC(=O)CCC(C(N)=O)N1Cc2c(CCCOCCN3CCC(COc4cc5ncnc(Nc6n[nH]c(C)c6C)c5cc4S(=O)(=O)C(C)(C)C)CC3)cccc2C1=O. The number of nitrogens with one attached hydrogen (secondary N) is 2. The number of hydrogen-bond donors (Lipinski definition) is 3. The van der Waals surface area contributed by atoms with E-state index in [0.717, 1.165) is 61.3 Å². The van der Waals surface area contributed by atoms with Gasteiger partial charge in [0.2, 0.25) is 5.91 Å². The van der Waals surface area contributed by atoms with Crippen LogP contribution in [0.3, 0.4) is 0 Å². The molecule has 318 valence electrons. The summed E-state index contributed by atoms with van der Waals surface area (Å²) in [6, 6.07) is 8.02. The molecule has 0 spiro atoms. The van der Waals surface area contributed by atoms with E-state index >= 15 is 0 Å². The molecule has 2 amide bonds. The molecular weight excluding hydrogens is 777 g/mol. The van der Waals surface area contributed by atoms with Gasteiger partial charge in [0, 0.05) is 54.4 Å². The highest BCUT2D eigenvalue weighted by molar-refractivity contribution is 7.92. The molecule has 1 fully saturated rings. The summed E-state index contributed by atoms with van der Waals surface area (Å²) in [5.74, 6) is 0.224. The molecule has 2 aliphatic heterocycles. The lowest BCUT2D eigenvalue weighted by Gasteiger charge is -2.32. The first-order valence-electron chi connectivity index (χ1n) is 20.1. The summed E-state index contributed by atoms with van der Waals surface area (Å²) >= 11 is 0. The number of nitrogens with two attached hydrogens (primary N) is 1. The number of benzene rings is 2. The standard InChI is InChI=1S/C42H56N8O8S/c1-26-27(2)47-48-39(26)46-40-31-21-36(59(54,55)42(3,4)5)35(22-33(31)44-25-45-40)58-24-28-14-16-49(17-15-28)18-20-57-19-8-10-29-9-7-11-30-32(29)23-50(41(30)53)34(38(43)52)12-13-37(51)56-6/h7,9,11,21-22,25,28,34H,8,10,12-20,23-24H2,1-6H3,(H2,43,52)(H2,44,45,46,47,48). The van der Waals surface area contributed by atoms with Crippen LogP contribution >= 0.6 is 0 Å². The summed E-state index contributed by atoms with van der Waals surface area (Å²) in [6.07, 6.45) is 4.82. The van der Waals surface area contributed by atoms with Crippen LogP contribution in [0, 0.1) is 19.8 Å². The molecule has 2 aromatic heterocycles. The number of carbonyl (C=O) groups is 3. The average molecular weight is 833 g/mol. The Morgan fingerprint density at radius 3 is 2.53 bits per heavy atom. The lowest BCUT2D eigenvalue weighted by molar-refractivity contribution is -0.141. The highest BCUT2D eigenvalue weighted by Gasteiger charge is 2.37. The van der Waals surface area contributed by atoms with Gasteiger partial charge >= 0.3 is 5.97 Å². The number of aryl methyl sites for hydroxylation is 2. The number of H-pyrrole nitrogens is 1. The first-order chi connectivity index (χ1) is 28.1. The third kappa shape index (κ3) is 9.85. The van der Waals surface area contributed by atoms with Gasteiger partial charge in [-0.25, -0.2) is 18.4 Å². The number of carbonyl (C=O) groups excluding carboxylic acids is 3. The summed E-state index contributed by atoms with van der Waals surface area (Å²) in [5.41, 5.74) is 10.5. The number of piperidine rings is 1. The number of hydrogen-bond acceptors (Lipinski definition) is 13. The van der Waals surface area contributed by atoms with Crippen molar-refractivity contribution < 1.29 is 37.0 Å². The summed E-state index contributed by atoms with van der Waals surface area (Å²) < 4.78 is 43.8. The maximum Gasteiger partial charge on any atom is 0.305 e. The van der Waals surface area contributed by atoms with Gasteiger partial charge in [-0.05, 0) is 109 Å². The number of amides is 2. The molecule has 16 nitrogen and oxygen atoms in total. The summed E-state index contributed by atoms with van der Waals surface area (Å²) in [7, 11) is -2.52. The zero-order valence-electron chi connectivity index (χ0n) is 34.8. The number of esters is 1. The van der Waals surface area contributed by atoms with E-state index in [1.54, 1.807) is 39.0 Å². The van der Waals surface area contributed by atoms with E-state index in [1.165, 1.54) is 18.3 Å². The molecule has 0 saturated carbocycles. The van der Waals surface area contributed by atoms with E-state index in [0.29, 0.717) is 54.3 Å². The molecule has 4 N–H and O–H groups in total. The zero-order chi connectivity index (χ0) is 42.5. The number of rotatable bonds is 18. The minimum Gasteiger partial charge on any atom is -0.492 e. The number of aromatic amines is 1. The van der Waals surface area contributed by atoms with E-state index < -0.39 is 32.5 Å². The summed E-state index contributed by atoms with van der Waals surface area (Å²) in [6.45, 7) is 13.3. The van der Waals surface area contributed by atoms with Crippen LogP contribution in [-0.4, -0.2) is 114 Å². The lowest BCUT2D eigenvalue weighted by atomic mass is 9.98. The number of fused-ring (bicyclic) bond motifs is 2. The predicted octanol–water partition coefficient (Wildman–Crippen LogP) is 4.79. The average Bonchev–Trinajstić information content (AvgIpc) is 3.71. The number of likely N-dealkylation sites (tertiary alicyclic amines) is 1. The van der Waals surface area contributed by atoms with Gasteiger partial charge in [0.05, 0.1) is 30.6 Å². The van der Waals surface area contributed by atoms with Crippen molar-refractivity contribution in [2.45, 2.75) is 95.4 Å². The molecule has 0 radical (unpaired) electrons. The lowest BCUT2D eigenvalue weighted by Crippen LogP contribution is -2.45. The van der Waals surface area contributed by atoms with Crippen molar-refractivity contribution in [3.63, 3.8) is 0 Å². The van der Waals surface area contributed by atoms with E-state index in [9.17, 15) is 22.8 Å². The minimum absolute atomic E-state index is 0.00996. The Morgan fingerprint density at radius 2 is 1.85 bits per heavy atom. The second-order valence-electron chi connectivity index (χ2n) is 16.3. The molecular formula is C42H56N8O8S. The first-order valence-corrected chi connectivity index (χ1v) is 21.6. The molecule has 4 heterocycles. The molecule has 2 aliphatic rings. The molecule has 0 bridgehead atoms. The van der Waals surface area contributed by atoms with Gasteiger partial charge < -0.3 is 35.1 Å². The van der Waals surface area contributed by atoms with Gasteiger partial charge in [-0.1, -0.05) is 12.1 Å². The number of nitrogens with zero attached hydrogens (tertiary/aromatic N) is 5. The fraction of sp³-hybridized carbons (Fsp3) is 0.524. The van der Waals surface area contributed by atoms with Crippen molar-refractivity contribution in [1.29, 1.82) is 0 Å². The van der Waals surface area contributed by atoms with Crippen LogP contribution in [0.2, 0.25) is 0 Å². The number of methoxy groups -OCH3 is 1. The fourth-order valence-corrected chi connectivity index (χ4v) is 8.81. The van der Waals surface area contributed by atoms with Crippen molar-refractivity contribution in [3.05, 3.63) is 64.6 Å².